The van der Waals surface area contributed by atoms with Gasteiger partial charge in [0.2, 0.25) is 12.6 Å². The largest absolute Gasteiger partial charge is 0.488 e. The van der Waals surface area contributed by atoms with Crippen LogP contribution < -0.4 is 9.47 Å². The quantitative estimate of drug-likeness (QED) is 0.194. The summed E-state index contributed by atoms with van der Waals surface area (Å²) in [6.07, 6.45) is -0.545. The van der Waals surface area contributed by atoms with Crippen molar-refractivity contribution in [1.82, 2.24) is 0 Å². The van der Waals surface area contributed by atoms with E-state index in [4.69, 9.17) is 28.4 Å². The van der Waals surface area contributed by atoms with Crippen LogP contribution in [0.4, 0.5) is 0 Å². The summed E-state index contributed by atoms with van der Waals surface area (Å²) < 4.78 is 36.1. The summed E-state index contributed by atoms with van der Waals surface area (Å²) in [5, 5.41) is 0. The van der Waals surface area contributed by atoms with Gasteiger partial charge in [0.05, 0.1) is 0 Å². The molecule has 1 aliphatic rings. The number of ether oxygens (including phenoxy) is 6. The van der Waals surface area contributed by atoms with E-state index < -0.39 is 18.9 Å². The van der Waals surface area contributed by atoms with Crippen molar-refractivity contribution < 1.29 is 28.4 Å². The molecule has 6 nitrogen and oxygen atoms in total. The summed E-state index contributed by atoms with van der Waals surface area (Å²) >= 11 is 0. The molecule has 0 unspecified atom stereocenters. The first kappa shape index (κ1) is 27.9. The molecule has 0 aromatic heterocycles. The highest BCUT2D eigenvalue weighted by atomic mass is 16.9. The Morgan fingerprint density at radius 3 is 1.62 bits per heavy atom. The van der Waals surface area contributed by atoms with E-state index in [1.807, 2.05) is 60.7 Å². The zero-order valence-corrected chi connectivity index (χ0v) is 23.2. The van der Waals surface area contributed by atoms with E-state index in [1.54, 1.807) is 14.2 Å². The molecule has 4 aromatic carbocycles. The fourth-order valence-corrected chi connectivity index (χ4v) is 5.03. The molecule has 6 heteroatoms. The lowest BCUT2D eigenvalue weighted by molar-refractivity contribution is -0.166. The fourth-order valence-electron chi connectivity index (χ4n) is 5.03. The minimum Gasteiger partial charge on any atom is -0.488 e. The van der Waals surface area contributed by atoms with Gasteiger partial charge < -0.3 is 28.4 Å². The van der Waals surface area contributed by atoms with Crippen molar-refractivity contribution >= 4 is 0 Å². The lowest BCUT2D eigenvalue weighted by Crippen LogP contribution is -2.25. The number of methoxy groups -OCH3 is 2. The Kier molecular flexibility index (Phi) is 9.47. The minimum absolute atomic E-state index is 0.428. The van der Waals surface area contributed by atoms with Crippen molar-refractivity contribution in [1.29, 1.82) is 0 Å². The molecule has 1 fully saturated rings. The molecule has 0 amide bonds. The molecule has 0 saturated carbocycles. The molecule has 0 aliphatic carbocycles. The van der Waals surface area contributed by atoms with Crippen LogP contribution in [0.25, 0.3) is 11.1 Å². The second-order valence-electron chi connectivity index (χ2n) is 9.59. The van der Waals surface area contributed by atoms with Crippen LogP contribution in [0.15, 0.2) is 97.1 Å². The first-order valence-electron chi connectivity index (χ1n) is 13.6. The van der Waals surface area contributed by atoms with Gasteiger partial charge in [0, 0.05) is 32.3 Å². The maximum absolute atomic E-state index is 6.55. The lowest BCUT2D eigenvalue weighted by Gasteiger charge is -2.24. The highest BCUT2D eigenvalue weighted by Gasteiger charge is 2.37. The van der Waals surface area contributed by atoms with Crippen LogP contribution in [-0.2, 0) is 45.0 Å². The van der Waals surface area contributed by atoms with Crippen molar-refractivity contribution in [3.8, 4) is 22.6 Å². The van der Waals surface area contributed by atoms with Crippen molar-refractivity contribution in [2.45, 2.75) is 51.8 Å². The van der Waals surface area contributed by atoms with Gasteiger partial charge in [-0.3, -0.25) is 0 Å². The van der Waals surface area contributed by atoms with E-state index >= 15 is 0 Å². The van der Waals surface area contributed by atoms with Crippen LogP contribution in [0.2, 0.25) is 0 Å². The lowest BCUT2D eigenvalue weighted by atomic mass is 9.90. The van der Waals surface area contributed by atoms with Gasteiger partial charge in [-0.1, -0.05) is 97.9 Å². The molecule has 1 saturated heterocycles. The van der Waals surface area contributed by atoms with E-state index in [-0.39, 0.29) is 0 Å². The second-order valence-corrected chi connectivity index (χ2v) is 9.59. The number of hydrogen-bond acceptors (Lipinski definition) is 6. The molecular formula is C34H36O6. The summed E-state index contributed by atoms with van der Waals surface area (Å²) in [6, 6.07) is 32.7. The summed E-state index contributed by atoms with van der Waals surface area (Å²) in [5.41, 5.74) is 6.38. The van der Waals surface area contributed by atoms with Gasteiger partial charge in [0.25, 0.3) is 0 Å². The molecular weight excluding hydrogens is 504 g/mol. The van der Waals surface area contributed by atoms with Gasteiger partial charge in [-0.05, 0) is 34.2 Å². The zero-order valence-electron chi connectivity index (χ0n) is 23.2. The van der Waals surface area contributed by atoms with Gasteiger partial charge >= 0.3 is 0 Å². The summed E-state index contributed by atoms with van der Waals surface area (Å²) in [6.45, 7) is 3.02. The van der Waals surface area contributed by atoms with Gasteiger partial charge in [0.15, 0.2) is 6.29 Å². The Morgan fingerprint density at radius 2 is 1.12 bits per heavy atom. The monoisotopic (exact) mass is 540 g/mol. The fraction of sp³-hybridized carbons (Fsp3) is 0.294. The molecule has 1 aliphatic heterocycles. The summed E-state index contributed by atoms with van der Waals surface area (Å²) in [7, 11) is 3.17. The zero-order chi connectivity index (χ0) is 27.7. The Labute approximate surface area is 236 Å². The minimum atomic E-state index is -0.605. The van der Waals surface area contributed by atoms with E-state index in [0.29, 0.717) is 19.6 Å². The first-order valence-corrected chi connectivity index (χ1v) is 13.6. The Hall–Kier alpha value is -3.68. The molecule has 0 bridgehead atoms. The van der Waals surface area contributed by atoms with Gasteiger partial charge in [0.1, 0.15) is 24.7 Å². The van der Waals surface area contributed by atoms with Crippen LogP contribution in [-0.4, -0.2) is 33.1 Å². The first-order chi connectivity index (χ1) is 19.7. The standard InChI is InChI=1S/C34H36O6/c1-4-27-28(20-31-39-33(35-2)34(36-3)40-31)32(26-18-12-7-13-19-26)30(38-23-25-16-10-6-11-17-25)21-29(27)37-22-24-14-8-5-9-15-24/h5-19,21,31,33-34H,4,20,22-23H2,1-3H3/t33-,34-/m1/s1. The van der Waals surface area contributed by atoms with E-state index in [2.05, 4.69) is 43.3 Å². The van der Waals surface area contributed by atoms with Crippen LogP contribution in [0.5, 0.6) is 11.5 Å². The maximum Gasteiger partial charge on any atom is 0.211 e. The van der Waals surface area contributed by atoms with Gasteiger partial charge in [-0.25, -0.2) is 0 Å². The maximum atomic E-state index is 6.55. The second kappa shape index (κ2) is 13.6. The highest BCUT2D eigenvalue weighted by molar-refractivity contribution is 5.77. The molecule has 2 atom stereocenters. The van der Waals surface area contributed by atoms with E-state index in [9.17, 15) is 0 Å². The average Bonchev–Trinajstić information content (AvgIpc) is 3.42. The van der Waals surface area contributed by atoms with Crippen LogP contribution in [0.1, 0.15) is 29.2 Å². The molecule has 4 aromatic rings. The van der Waals surface area contributed by atoms with Crippen LogP contribution in [0, 0.1) is 0 Å². The SMILES string of the molecule is CCc1c(OCc2ccccc2)cc(OCc2ccccc2)c(-c2ccccc2)c1CC1O[C@@H](OC)[C@H](OC)O1. The Balaban J connectivity index is 1.59. The third kappa shape index (κ3) is 6.54. The van der Waals surface area contributed by atoms with Crippen LogP contribution >= 0.6 is 0 Å². The predicted octanol–water partition coefficient (Wildman–Crippen LogP) is 6.93. The van der Waals surface area contributed by atoms with E-state index in [0.717, 1.165) is 51.3 Å². The topological polar surface area (TPSA) is 55.4 Å². The van der Waals surface area contributed by atoms with Crippen molar-refractivity contribution in [2.24, 2.45) is 0 Å². The number of hydrogen-bond donors (Lipinski definition) is 0. The number of rotatable bonds is 12. The number of benzene rings is 4. The third-order valence-corrected chi connectivity index (χ3v) is 6.99. The summed E-state index contributed by atoms with van der Waals surface area (Å²) in [5.74, 6) is 1.53. The normalized spacial score (nSPS) is 17.2. The van der Waals surface area contributed by atoms with Gasteiger partial charge in [-0.2, -0.15) is 0 Å². The third-order valence-electron chi connectivity index (χ3n) is 6.99. The Bertz CT molecular complexity index is 1330. The Morgan fingerprint density at radius 1 is 0.625 bits per heavy atom. The molecule has 0 spiro atoms. The highest BCUT2D eigenvalue weighted by Crippen LogP contribution is 2.43. The van der Waals surface area contributed by atoms with E-state index in [1.165, 1.54) is 0 Å². The molecule has 0 N–H and O–H groups in total. The van der Waals surface area contributed by atoms with Crippen molar-refractivity contribution in [3.05, 3.63) is 119 Å². The van der Waals surface area contributed by atoms with Crippen molar-refractivity contribution in [2.75, 3.05) is 14.2 Å². The molecule has 40 heavy (non-hydrogen) atoms. The smallest absolute Gasteiger partial charge is 0.211 e. The molecule has 5 rings (SSSR count). The van der Waals surface area contributed by atoms with Gasteiger partial charge in [-0.15, -0.1) is 0 Å². The predicted molar refractivity (Wildman–Crippen MR) is 154 cm³/mol. The summed E-state index contributed by atoms with van der Waals surface area (Å²) in [4.78, 5) is 0. The molecule has 1 heterocycles. The molecule has 0 radical (unpaired) electrons. The molecule has 208 valence electrons. The van der Waals surface area contributed by atoms with Crippen molar-refractivity contribution in [3.63, 3.8) is 0 Å². The van der Waals surface area contributed by atoms with Crippen LogP contribution in [0.3, 0.4) is 0 Å². The average molecular weight is 541 g/mol.